The van der Waals surface area contributed by atoms with Crippen LogP contribution < -0.4 is 5.32 Å². The number of hydrogen-bond acceptors (Lipinski definition) is 2. The van der Waals surface area contributed by atoms with Crippen LogP contribution in [0.15, 0.2) is 24.3 Å². The Morgan fingerprint density at radius 1 is 1.47 bits per heavy atom. The monoisotopic (exact) mass is 207 g/mol. The van der Waals surface area contributed by atoms with Gasteiger partial charge in [0.25, 0.3) is 0 Å². The molecule has 0 spiro atoms. The van der Waals surface area contributed by atoms with Crippen LogP contribution in [-0.4, -0.2) is 17.1 Å². The van der Waals surface area contributed by atoms with Gasteiger partial charge in [0, 0.05) is 11.7 Å². The molecule has 1 aromatic rings. The highest BCUT2D eigenvalue weighted by Gasteiger charge is 2.10. The van der Waals surface area contributed by atoms with E-state index in [9.17, 15) is 4.79 Å². The van der Waals surface area contributed by atoms with E-state index in [1.165, 1.54) is 0 Å². The molecule has 0 bridgehead atoms. The van der Waals surface area contributed by atoms with Gasteiger partial charge in [-0.25, -0.2) is 4.79 Å². The van der Waals surface area contributed by atoms with Gasteiger partial charge in [0.05, 0.1) is 5.56 Å². The Morgan fingerprint density at radius 3 is 2.73 bits per heavy atom. The SMILES string of the molecule is CCCC(C)Nc1ccccc1C(=O)O. The van der Waals surface area contributed by atoms with Crippen molar-refractivity contribution in [1.29, 1.82) is 0 Å². The normalized spacial score (nSPS) is 12.1. The van der Waals surface area contributed by atoms with Gasteiger partial charge in [0.2, 0.25) is 0 Å². The molecule has 0 amide bonds. The van der Waals surface area contributed by atoms with Crippen molar-refractivity contribution >= 4 is 11.7 Å². The minimum Gasteiger partial charge on any atom is -0.478 e. The molecule has 0 radical (unpaired) electrons. The van der Waals surface area contributed by atoms with Gasteiger partial charge in [-0.3, -0.25) is 0 Å². The molecular weight excluding hydrogens is 190 g/mol. The molecule has 0 fully saturated rings. The molecule has 0 aliphatic rings. The highest BCUT2D eigenvalue weighted by molar-refractivity contribution is 5.94. The fourth-order valence-corrected chi connectivity index (χ4v) is 1.57. The summed E-state index contributed by atoms with van der Waals surface area (Å²) in [5, 5.41) is 12.2. The van der Waals surface area contributed by atoms with Crippen LogP contribution in [0.3, 0.4) is 0 Å². The van der Waals surface area contributed by atoms with Crippen LogP contribution >= 0.6 is 0 Å². The minimum absolute atomic E-state index is 0.301. The second-order valence-corrected chi connectivity index (χ2v) is 3.68. The van der Waals surface area contributed by atoms with Gasteiger partial charge in [-0.15, -0.1) is 0 Å². The summed E-state index contributed by atoms with van der Waals surface area (Å²) in [6, 6.07) is 7.29. The van der Waals surface area contributed by atoms with Gasteiger partial charge in [-0.05, 0) is 25.5 Å². The van der Waals surface area contributed by atoms with Crippen molar-refractivity contribution in [3.8, 4) is 0 Å². The standard InChI is InChI=1S/C12H17NO2/c1-3-6-9(2)13-11-8-5-4-7-10(11)12(14)15/h4-5,7-9,13H,3,6H2,1-2H3,(H,14,15). The molecule has 3 heteroatoms. The molecule has 0 saturated heterocycles. The van der Waals surface area contributed by atoms with Gasteiger partial charge < -0.3 is 10.4 Å². The molecule has 1 unspecified atom stereocenters. The summed E-state index contributed by atoms with van der Waals surface area (Å²) >= 11 is 0. The molecule has 1 rings (SSSR count). The summed E-state index contributed by atoms with van der Waals surface area (Å²) in [4.78, 5) is 10.9. The molecule has 0 aromatic heterocycles. The first kappa shape index (κ1) is 11.6. The number of hydrogen-bond donors (Lipinski definition) is 2. The van der Waals surface area contributed by atoms with E-state index < -0.39 is 5.97 Å². The number of para-hydroxylation sites is 1. The smallest absolute Gasteiger partial charge is 0.337 e. The largest absolute Gasteiger partial charge is 0.478 e. The third-order valence-corrected chi connectivity index (χ3v) is 2.28. The van der Waals surface area contributed by atoms with Crippen molar-refractivity contribution in [1.82, 2.24) is 0 Å². The summed E-state index contributed by atoms with van der Waals surface area (Å²) in [5.74, 6) is -0.887. The molecule has 3 nitrogen and oxygen atoms in total. The third kappa shape index (κ3) is 3.27. The predicted molar refractivity (Wildman–Crippen MR) is 61.4 cm³/mol. The van der Waals surface area contributed by atoms with Crippen molar-refractivity contribution in [2.24, 2.45) is 0 Å². The molecule has 0 heterocycles. The number of benzene rings is 1. The Bertz CT molecular complexity index is 336. The van der Waals surface area contributed by atoms with Crippen LogP contribution in [-0.2, 0) is 0 Å². The molecular formula is C12H17NO2. The van der Waals surface area contributed by atoms with E-state index in [2.05, 4.69) is 19.2 Å². The Balaban J connectivity index is 2.79. The maximum absolute atomic E-state index is 10.9. The van der Waals surface area contributed by atoms with E-state index >= 15 is 0 Å². The van der Waals surface area contributed by atoms with Gasteiger partial charge in [0.1, 0.15) is 0 Å². The quantitative estimate of drug-likeness (QED) is 0.780. The van der Waals surface area contributed by atoms with Crippen LogP contribution in [0.5, 0.6) is 0 Å². The number of aromatic carboxylic acids is 1. The lowest BCUT2D eigenvalue weighted by molar-refractivity contribution is 0.0698. The maximum Gasteiger partial charge on any atom is 0.337 e. The first-order chi connectivity index (χ1) is 7.15. The van der Waals surface area contributed by atoms with E-state index in [1.807, 2.05) is 6.07 Å². The summed E-state index contributed by atoms with van der Waals surface area (Å²) in [5.41, 5.74) is 1.03. The molecule has 1 aromatic carbocycles. The third-order valence-electron chi connectivity index (χ3n) is 2.28. The Kier molecular flexibility index (Phi) is 4.16. The lowest BCUT2D eigenvalue weighted by atomic mass is 10.1. The Hall–Kier alpha value is -1.51. The lowest BCUT2D eigenvalue weighted by Gasteiger charge is -2.15. The van der Waals surface area contributed by atoms with Crippen LogP contribution in [0.1, 0.15) is 37.0 Å². The van der Waals surface area contributed by atoms with Gasteiger partial charge in [0.15, 0.2) is 0 Å². The van der Waals surface area contributed by atoms with Crippen LogP contribution in [0.4, 0.5) is 5.69 Å². The zero-order valence-electron chi connectivity index (χ0n) is 9.16. The summed E-state index contributed by atoms with van der Waals surface area (Å²) < 4.78 is 0. The number of carbonyl (C=O) groups is 1. The molecule has 0 saturated carbocycles. The summed E-state index contributed by atoms with van der Waals surface area (Å²) in [6.07, 6.45) is 2.12. The zero-order valence-corrected chi connectivity index (χ0v) is 9.16. The Labute approximate surface area is 90.1 Å². The van der Waals surface area contributed by atoms with E-state index in [4.69, 9.17) is 5.11 Å². The van der Waals surface area contributed by atoms with Crippen LogP contribution in [0, 0.1) is 0 Å². The lowest BCUT2D eigenvalue weighted by Crippen LogP contribution is -2.16. The highest BCUT2D eigenvalue weighted by atomic mass is 16.4. The minimum atomic E-state index is -0.887. The van der Waals surface area contributed by atoms with Crippen molar-refractivity contribution < 1.29 is 9.90 Å². The number of carboxylic acid groups (broad SMARTS) is 1. The fourth-order valence-electron chi connectivity index (χ4n) is 1.57. The van der Waals surface area contributed by atoms with Gasteiger partial charge >= 0.3 is 5.97 Å². The second kappa shape index (κ2) is 5.39. The van der Waals surface area contributed by atoms with E-state index in [1.54, 1.807) is 18.2 Å². The molecule has 2 N–H and O–H groups in total. The highest BCUT2D eigenvalue weighted by Crippen LogP contribution is 2.16. The maximum atomic E-state index is 10.9. The average Bonchev–Trinajstić information content (AvgIpc) is 2.18. The van der Waals surface area contributed by atoms with Crippen LogP contribution in [0.2, 0.25) is 0 Å². The molecule has 1 atom stereocenters. The molecule has 0 aliphatic heterocycles. The fraction of sp³-hybridized carbons (Fsp3) is 0.417. The topological polar surface area (TPSA) is 49.3 Å². The van der Waals surface area contributed by atoms with E-state index in [-0.39, 0.29) is 0 Å². The van der Waals surface area contributed by atoms with E-state index in [0.29, 0.717) is 17.3 Å². The van der Waals surface area contributed by atoms with Gasteiger partial charge in [-0.1, -0.05) is 25.5 Å². The molecule has 0 aliphatic carbocycles. The molecule has 82 valence electrons. The molecule has 15 heavy (non-hydrogen) atoms. The van der Waals surface area contributed by atoms with Crippen LogP contribution in [0.25, 0.3) is 0 Å². The summed E-state index contributed by atoms with van der Waals surface area (Å²) in [6.45, 7) is 4.17. The van der Waals surface area contributed by atoms with Crippen molar-refractivity contribution in [2.75, 3.05) is 5.32 Å². The van der Waals surface area contributed by atoms with Crippen molar-refractivity contribution in [3.05, 3.63) is 29.8 Å². The average molecular weight is 207 g/mol. The first-order valence-corrected chi connectivity index (χ1v) is 5.24. The first-order valence-electron chi connectivity index (χ1n) is 5.24. The second-order valence-electron chi connectivity index (χ2n) is 3.68. The summed E-state index contributed by atoms with van der Waals surface area (Å²) in [7, 11) is 0. The number of rotatable bonds is 5. The zero-order chi connectivity index (χ0) is 11.3. The predicted octanol–water partition coefficient (Wildman–Crippen LogP) is 2.99. The van der Waals surface area contributed by atoms with Crippen molar-refractivity contribution in [2.45, 2.75) is 32.7 Å². The Morgan fingerprint density at radius 2 is 2.13 bits per heavy atom. The number of carboxylic acids is 1. The van der Waals surface area contributed by atoms with Crippen molar-refractivity contribution in [3.63, 3.8) is 0 Å². The number of nitrogens with one attached hydrogen (secondary N) is 1. The number of anilines is 1. The van der Waals surface area contributed by atoms with Gasteiger partial charge in [-0.2, -0.15) is 0 Å². The van der Waals surface area contributed by atoms with E-state index in [0.717, 1.165) is 12.8 Å².